The second-order valence-corrected chi connectivity index (χ2v) is 5.13. The van der Waals surface area contributed by atoms with Crippen molar-refractivity contribution in [3.8, 4) is 0 Å². The van der Waals surface area contributed by atoms with Gasteiger partial charge in [0, 0.05) is 44.8 Å². The summed E-state index contributed by atoms with van der Waals surface area (Å²) in [6.45, 7) is 9.20. The van der Waals surface area contributed by atoms with Crippen LogP contribution in [-0.4, -0.2) is 72.9 Å². The van der Waals surface area contributed by atoms with Gasteiger partial charge in [0.25, 0.3) is 0 Å². The Hall–Kier alpha value is -0.160. The maximum absolute atomic E-state index is 8.90. The predicted octanol–water partition coefficient (Wildman–Crippen LogP) is -0.263. The van der Waals surface area contributed by atoms with Crippen molar-refractivity contribution in [1.29, 1.82) is 0 Å². The Balaban J connectivity index is 1.75. The van der Waals surface area contributed by atoms with E-state index in [1.807, 2.05) is 0 Å². The monoisotopic (exact) mass is 227 g/mol. The topological polar surface area (TPSA) is 38.7 Å². The molecule has 0 aromatic carbocycles. The lowest BCUT2D eigenvalue weighted by Crippen LogP contribution is -2.54. The SMILES string of the molecule is CC1CC(N2CCN(CCO)CC2)CCN1. The van der Waals surface area contributed by atoms with Gasteiger partial charge in [0.1, 0.15) is 0 Å². The molecule has 2 unspecified atom stereocenters. The van der Waals surface area contributed by atoms with Crippen molar-refractivity contribution >= 4 is 0 Å². The zero-order valence-electron chi connectivity index (χ0n) is 10.4. The molecular weight excluding hydrogens is 202 g/mol. The molecule has 0 aromatic heterocycles. The van der Waals surface area contributed by atoms with Gasteiger partial charge in [-0.2, -0.15) is 0 Å². The van der Waals surface area contributed by atoms with Gasteiger partial charge in [-0.3, -0.25) is 9.80 Å². The zero-order valence-corrected chi connectivity index (χ0v) is 10.4. The van der Waals surface area contributed by atoms with Gasteiger partial charge in [-0.25, -0.2) is 0 Å². The van der Waals surface area contributed by atoms with Crippen molar-refractivity contribution in [3.05, 3.63) is 0 Å². The summed E-state index contributed by atoms with van der Waals surface area (Å²) in [6.07, 6.45) is 2.59. The van der Waals surface area contributed by atoms with Crippen LogP contribution < -0.4 is 5.32 Å². The second kappa shape index (κ2) is 5.96. The molecule has 0 radical (unpaired) electrons. The Morgan fingerprint density at radius 3 is 2.62 bits per heavy atom. The first kappa shape index (κ1) is 12.3. The molecule has 2 aliphatic rings. The Morgan fingerprint density at radius 2 is 2.00 bits per heavy atom. The fourth-order valence-corrected chi connectivity index (χ4v) is 2.93. The van der Waals surface area contributed by atoms with E-state index in [4.69, 9.17) is 5.11 Å². The zero-order chi connectivity index (χ0) is 11.4. The average Bonchev–Trinajstić information content (AvgIpc) is 2.30. The molecule has 2 atom stereocenters. The molecule has 4 nitrogen and oxygen atoms in total. The van der Waals surface area contributed by atoms with E-state index < -0.39 is 0 Å². The quantitative estimate of drug-likeness (QED) is 0.697. The van der Waals surface area contributed by atoms with Crippen LogP contribution in [-0.2, 0) is 0 Å². The van der Waals surface area contributed by atoms with Crippen LogP contribution in [0.2, 0.25) is 0 Å². The number of nitrogens with zero attached hydrogens (tertiary/aromatic N) is 2. The minimum Gasteiger partial charge on any atom is -0.395 e. The summed E-state index contributed by atoms with van der Waals surface area (Å²) in [4.78, 5) is 5.01. The van der Waals surface area contributed by atoms with Gasteiger partial charge >= 0.3 is 0 Å². The highest BCUT2D eigenvalue weighted by molar-refractivity contribution is 4.85. The number of aliphatic hydroxyl groups excluding tert-OH is 1. The van der Waals surface area contributed by atoms with E-state index in [1.165, 1.54) is 32.5 Å². The van der Waals surface area contributed by atoms with Crippen molar-refractivity contribution < 1.29 is 5.11 Å². The molecule has 0 saturated carbocycles. The molecule has 0 spiro atoms. The van der Waals surface area contributed by atoms with Crippen molar-refractivity contribution in [2.24, 2.45) is 0 Å². The van der Waals surface area contributed by atoms with Gasteiger partial charge in [-0.05, 0) is 26.3 Å². The molecular formula is C12H25N3O. The summed E-state index contributed by atoms with van der Waals surface area (Å²) < 4.78 is 0. The van der Waals surface area contributed by atoms with Crippen molar-refractivity contribution in [3.63, 3.8) is 0 Å². The minimum absolute atomic E-state index is 0.296. The number of aliphatic hydroxyl groups is 1. The first-order valence-electron chi connectivity index (χ1n) is 6.60. The highest BCUT2D eigenvalue weighted by Crippen LogP contribution is 2.17. The summed E-state index contributed by atoms with van der Waals surface area (Å²) in [7, 11) is 0. The van der Waals surface area contributed by atoms with Crippen LogP contribution in [0.15, 0.2) is 0 Å². The van der Waals surface area contributed by atoms with E-state index in [1.54, 1.807) is 0 Å². The number of β-amino-alcohol motifs (C(OH)–C–C–N with tert-alkyl or cyclic N) is 1. The van der Waals surface area contributed by atoms with E-state index in [2.05, 4.69) is 22.0 Å². The van der Waals surface area contributed by atoms with E-state index in [0.717, 1.165) is 25.7 Å². The number of piperidine rings is 1. The van der Waals surface area contributed by atoms with Crippen LogP contribution >= 0.6 is 0 Å². The number of rotatable bonds is 3. The van der Waals surface area contributed by atoms with Gasteiger partial charge in [-0.15, -0.1) is 0 Å². The summed E-state index contributed by atoms with van der Waals surface area (Å²) >= 11 is 0. The molecule has 2 heterocycles. The van der Waals surface area contributed by atoms with Crippen LogP contribution in [0, 0.1) is 0 Å². The maximum Gasteiger partial charge on any atom is 0.0558 e. The Kier molecular flexibility index (Phi) is 4.58. The lowest BCUT2D eigenvalue weighted by molar-refractivity contribution is 0.0667. The average molecular weight is 227 g/mol. The molecule has 2 saturated heterocycles. The van der Waals surface area contributed by atoms with Crippen LogP contribution in [0.25, 0.3) is 0 Å². The van der Waals surface area contributed by atoms with Crippen LogP contribution in [0.3, 0.4) is 0 Å². The summed E-state index contributed by atoms with van der Waals surface area (Å²) in [6, 6.07) is 1.46. The molecule has 0 aromatic rings. The molecule has 94 valence electrons. The molecule has 0 amide bonds. The predicted molar refractivity (Wildman–Crippen MR) is 65.6 cm³/mol. The number of hydrogen-bond acceptors (Lipinski definition) is 4. The summed E-state index contributed by atoms with van der Waals surface area (Å²) in [5, 5.41) is 12.4. The third-order valence-electron chi connectivity index (χ3n) is 3.94. The third-order valence-corrected chi connectivity index (χ3v) is 3.94. The number of piperazine rings is 1. The van der Waals surface area contributed by atoms with Crippen LogP contribution in [0.1, 0.15) is 19.8 Å². The van der Waals surface area contributed by atoms with Crippen molar-refractivity contribution in [1.82, 2.24) is 15.1 Å². The molecule has 0 bridgehead atoms. The van der Waals surface area contributed by atoms with Crippen molar-refractivity contribution in [2.45, 2.75) is 31.8 Å². The second-order valence-electron chi connectivity index (χ2n) is 5.13. The molecule has 2 aliphatic heterocycles. The van der Waals surface area contributed by atoms with Crippen molar-refractivity contribution in [2.75, 3.05) is 45.9 Å². The van der Waals surface area contributed by atoms with E-state index in [-0.39, 0.29) is 0 Å². The molecule has 16 heavy (non-hydrogen) atoms. The highest BCUT2D eigenvalue weighted by atomic mass is 16.3. The Morgan fingerprint density at radius 1 is 1.25 bits per heavy atom. The standard InChI is InChI=1S/C12H25N3O/c1-11-10-12(2-3-13-11)15-6-4-14(5-7-15)8-9-16/h11-13,16H,2-10H2,1H3. The fraction of sp³-hybridized carbons (Fsp3) is 1.00. The first-order chi connectivity index (χ1) is 7.79. The number of hydrogen-bond donors (Lipinski definition) is 2. The van der Waals surface area contributed by atoms with Gasteiger partial charge in [0.05, 0.1) is 6.61 Å². The van der Waals surface area contributed by atoms with Gasteiger partial charge in [0.15, 0.2) is 0 Å². The molecule has 2 rings (SSSR count). The molecule has 2 fully saturated rings. The van der Waals surface area contributed by atoms with Crippen LogP contribution in [0.4, 0.5) is 0 Å². The smallest absolute Gasteiger partial charge is 0.0558 e. The van der Waals surface area contributed by atoms with E-state index in [9.17, 15) is 0 Å². The number of nitrogens with one attached hydrogen (secondary N) is 1. The van der Waals surface area contributed by atoms with Gasteiger partial charge < -0.3 is 10.4 Å². The minimum atomic E-state index is 0.296. The normalized spacial score (nSPS) is 34.1. The lowest BCUT2D eigenvalue weighted by atomic mass is 9.98. The van der Waals surface area contributed by atoms with E-state index in [0.29, 0.717) is 12.6 Å². The van der Waals surface area contributed by atoms with Crippen LogP contribution in [0.5, 0.6) is 0 Å². The largest absolute Gasteiger partial charge is 0.395 e. The van der Waals surface area contributed by atoms with Gasteiger partial charge in [0.2, 0.25) is 0 Å². The summed E-state index contributed by atoms with van der Waals surface area (Å²) in [5.41, 5.74) is 0. The molecule has 4 heteroatoms. The van der Waals surface area contributed by atoms with E-state index >= 15 is 0 Å². The lowest BCUT2D eigenvalue weighted by Gasteiger charge is -2.42. The Labute approximate surface area is 98.6 Å². The first-order valence-corrected chi connectivity index (χ1v) is 6.60. The summed E-state index contributed by atoms with van der Waals surface area (Å²) in [5.74, 6) is 0. The van der Waals surface area contributed by atoms with Gasteiger partial charge in [-0.1, -0.05) is 0 Å². The Bertz CT molecular complexity index is 204. The maximum atomic E-state index is 8.90. The molecule has 2 N–H and O–H groups in total. The molecule has 0 aliphatic carbocycles. The third kappa shape index (κ3) is 3.17. The highest BCUT2D eigenvalue weighted by Gasteiger charge is 2.26. The fourth-order valence-electron chi connectivity index (χ4n) is 2.93.